The van der Waals surface area contributed by atoms with Crippen LogP contribution in [0.5, 0.6) is 0 Å². The van der Waals surface area contributed by atoms with Gasteiger partial charge in [-0.3, -0.25) is 4.90 Å². The average Bonchev–Trinajstić information content (AvgIpc) is 2.62. The summed E-state index contributed by atoms with van der Waals surface area (Å²) < 4.78 is 5.20. The van der Waals surface area contributed by atoms with Gasteiger partial charge in [-0.25, -0.2) is 4.79 Å². The van der Waals surface area contributed by atoms with Crippen molar-refractivity contribution in [3.8, 4) is 11.1 Å². The predicted molar refractivity (Wildman–Crippen MR) is 106 cm³/mol. The molecular weight excluding hydrogens is 322 g/mol. The Labute approximate surface area is 157 Å². The third-order valence-corrected chi connectivity index (χ3v) is 5.07. The van der Waals surface area contributed by atoms with E-state index in [0.717, 1.165) is 19.6 Å². The van der Waals surface area contributed by atoms with Gasteiger partial charge in [0.25, 0.3) is 0 Å². The summed E-state index contributed by atoms with van der Waals surface area (Å²) in [4.78, 5) is 14.7. The van der Waals surface area contributed by atoms with Gasteiger partial charge in [-0.2, -0.15) is 0 Å². The Morgan fingerprint density at radius 1 is 1.15 bits per heavy atom. The lowest BCUT2D eigenvalue weighted by molar-refractivity contribution is 0.0526. The molecule has 0 amide bonds. The molecule has 3 rings (SSSR count). The quantitative estimate of drug-likeness (QED) is 0.698. The minimum Gasteiger partial charge on any atom is -0.462 e. The molecule has 0 atom stereocenters. The lowest BCUT2D eigenvalue weighted by atomic mass is 9.84. The average molecular weight is 351 g/mol. The van der Waals surface area contributed by atoms with Crippen LogP contribution in [-0.4, -0.2) is 30.6 Å². The zero-order valence-electron chi connectivity index (χ0n) is 16.1. The molecule has 26 heavy (non-hydrogen) atoms. The lowest BCUT2D eigenvalue weighted by Gasteiger charge is -2.38. The third kappa shape index (κ3) is 4.53. The summed E-state index contributed by atoms with van der Waals surface area (Å²) in [6, 6.07) is 16.4. The number of carbonyl (C=O) groups excluding carboxylic acids is 1. The van der Waals surface area contributed by atoms with Crippen LogP contribution in [0.4, 0.5) is 0 Å². The van der Waals surface area contributed by atoms with Crippen molar-refractivity contribution in [2.24, 2.45) is 5.41 Å². The molecule has 1 heterocycles. The third-order valence-electron chi connectivity index (χ3n) is 5.07. The van der Waals surface area contributed by atoms with Crippen molar-refractivity contribution < 1.29 is 9.53 Å². The second kappa shape index (κ2) is 8.05. The van der Waals surface area contributed by atoms with Gasteiger partial charge in [-0.1, -0.05) is 50.2 Å². The molecule has 0 N–H and O–H groups in total. The first-order valence-corrected chi connectivity index (χ1v) is 9.56. The van der Waals surface area contributed by atoms with Gasteiger partial charge in [0.2, 0.25) is 0 Å². The van der Waals surface area contributed by atoms with Crippen LogP contribution in [-0.2, 0) is 11.3 Å². The highest BCUT2D eigenvalue weighted by Crippen LogP contribution is 2.32. The molecule has 1 aliphatic rings. The fourth-order valence-electron chi connectivity index (χ4n) is 3.89. The van der Waals surface area contributed by atoms with Gasteiger partial charge >= 0.3 is 5.97 Å². The van der Waals surface area contributed by atoms with E-state index in [-0.39, 0.29) is 5.97 Å². The van der Waals surface area contributed by atoms with Crippen molar-refractivity contribution in [1.82, 2.24) is 4.90 Å². The number of piperidine rings is 1. The molecule has 0 bridgehead atoms. The molecule has 0 aromatic heterocycles. The molecular formula is C23H29NO2. The van der Waals surface area contributed by atoms with E-state index in [0.29, 0.717) is 17.6 Å². The van der Waals surface area contributed by atoms with Crippen molar-refractivity contribution in [3.63, 3.8) is 0 Å². The molecule has 138 valence electrons. The van der Waals surface area contributed by atoms with Crippen molar-refractivity contribution in [2.45, 2.75) is 40.2 Å². The molecule has 0 saturated carbocycles. The van der Waals surface area contributed by atoms with Crippen LogP contribution in [0.25, 0.3) is 11.1 Å². The Kier molecular flexibility index (Phi) is 5.77. The van der Waals surface area contributed by atoms with Gasteiger partial charge in [0.1, 0.15) is 0 Å². The SMILES string of the molecule is CCOC(=O)c1ccc(-c2ccccc2)c(CN2CCCC(C)(C)C2)c1. The molecule has 0 unspecified atom stereocenters. The number of likely N-dealkylation sites (tertiary alicyclic amines) is 1. The molecule has 3 heteroatoms. The topological polar surface area (TPSA) is 29.5 Å². The number of ether oxygens (including phenoxy) is 1. The smallest absolute Gasteiger partial charge is 0.338 e. The number of hydrogen-bond donors (Lipinski definition) is 0. The van der Waals surface area contributed by atoms with Crippen molar-refractivity contribution in [3.05, 3.63) is 59.7 Å². The summed E-state index contributed by atoms with van der Waals surface area (Å²) in [6.45, 7) is 9.98. The second-order valence-corrected chi connectivity index (χ2v) is 7.94. The Hall–Kier alpha value is -2.13. The number of carbonyl (C=O) groups is 1. The van der Waals surface area contributed by atoms with Gasteiger partial charge in [0.15, 0.2) is 0 Å². The maximum Gasteiger partial charge on any atom is 0.338 e. The number of nitrogens with zero attached hydrogens (tertiary/aromatic N) is 1. The first kappa shape index (κ1) is 18.7. The Bertz CT molecular complexity index is 752. The van der Waals surface area contributed by atoms with Crippen molar-refractivity contribution in [1.29, 1.82) is 0 Å². The van der Waals surface area contributed by atoms with Gasteiger partial charge in [-0.05, 0) is 60.5 Å². The molecule has 0 radical (unpaired) electrons. The van der Waals surface area contributed by atoms with Crippen molar-refractivity contribution in [2.75, 3.05) is 19.7 Å². The maximum absolute atomic E-state index is 12.2. The lowest BCUT2D eigenvalue weighted by Crippen LogP contribution is -2.39. The maximum atomic E-state index is 12.2. The fraction of sp³-hybridized carbons (Fsp3) is 0.435. The van der Waals surface area contributed by atoms with Gasteiger partial charge in [0, 0.05) is 13.1 Å². The largest absolute Gasteiger partial charge is 0.462 e. The van der Waals surface area contributed by atoms with Crippen molar-refractivity contribution >= 4 is 5.97 Å². The van der Waals surface area contributed by atoms with Crippen LogP contribution in [0.2, 0.25) is 0 Å². The van der Waals surface area contributed by atoms with E-state index in [1.165, 1.54) is 29.5 Å². The summed E-state index contributed by atoms with van der Waals surface area (Å²) in [7, 11) is 0. The first-order chi connectivity index (χ1) is 12.5. The molecule has 1 aliphatic heterocycles. The highest BCUT2D eigenvalue weighted by molar-refractivity contribution is 5.90. The number of hydrogen-bond acceptors (Lipinski definition) is 3. The van der Waals surface area contributed by atoms with Crippen LogP contribution in [0, 0.1) is 5.41 Å². The standard InChI is InChI=1S/C23H29NO2/c1-4-26-22(25)19-11-12-21(18-9-6-5-7-10-18)20(15-19)16-24-14-8-13-23(2,3)17-24/h5-7,9-12,15H,4,8,13-14,16-17H2,1-3H3. The summed E-state index contributed by atoms with van der Waals surface area (Å²) in [6.07, 6.45) is 2.50. The van der Waals surface area contributed by atoms with E-state index in [1.807, 2.05) is 25.1 Å². The molecule has 0 aliphatic carbocycles. The number of benzene rings is 2. The Balaban J connectivity index is 1.93. The second-order valence-electron chi connectivity index (χ2n) is 7.94. The Morgan fingerprint density at radius 2 is 1.92 bits per heavy atom. The molecule has 1 saturated heterocycles. The van der Waals surface area contributed by atoms with E-state index in [2.05, 4.69) is 49.1 Å². The van der Waals surface area contributed by atoms with Crippen LogP contribution >= 0.6 is 0 Å². The van der Waals surface area contributed by atoms with Crippen LogP contribution in [0.15, 0.2) is 48.5 Å². The van der Waals surface area contributed by atoms with E-state index in [9.17, 15) is 4.79 Å². The van der Waals surface area contributed by atoms with Crippen LogP contribution in [0.1, 0.15) is 49.5 Å². The molecule has 2 aromatic carbocycles. The summed E-state index contributed by atoms with van der Waals surface area (Å²) in [5, 5.41) is 0. The number of esters is 1. The van der Waals surface area contributed by atoms with Crippen LogP contribution in [0.3, 0.4) is 0 Å². The highest BCUT2D eigenvalue weighted by Gasteiger charge is 2.27. The minimum absolute atomic E-state index is 0.243. The van der Waals surface area contributed by atoms with Gasteiger partial charge in [-0.15, -0.1) is 0 Å². The van der Waals surface area contributed by atoms with Gasteiger partial charge in [0.05, 0.1) is 12.2 Å². The van der Waals surface area contributed by atoms with E-state index < -0.39 is 0 Å². The molecule has 3 nitrogen and oxygen atoms in total. The molecule has 1 fully saturated rings. The normalized spacial score (nSPS) is 17.0. The molecule has 0 spiro atoms. The summed E-state index contributed by atoms with van der Waals surface area (Å²) >= 11 is 0. The predicted octanol–water partition coefficient (Wildman–Crippen LogP) is 5.15. The summed E-state index contributed by atoms with van der Waals surface area (Å²) in [5.41, 5.74) is 4.57. The van der Waals surface area contributed by atoms with Crippen LogP contribution < -0.4 is 0 Å². The first-order valence-electron chi connectivity index (χ1n) is 9.56. The zero-order valence-corrected chi connectivity index (χ0v) is 16.1. The summed E-state index contributed by atoms with van der Waals surface area (Å²) in [5.74, 6) is -0.243. The number of rotatable bonds is 5. The zero-order chi connectivity index (χ0) is 18.6. The van der Waals surface area contributed by atoms with E-state index in [1.54, 1.807) is 0 Å². The highest BCUT2D eigenvalue weighted by atomic mass is 16.5. The van der Waals surface area contributed by atoms with Gasteiger partial charge < -0.3 is 4.74 Å². The van der Waals surface area contributed by atoms with E-state index >= 15 is 0 Å². The van der Waals surface area contributed by atoms with E-state index in [4.69, 9.17) is 4.74 Å². The fourth-order valence-corrected chi connectivity index (χ4v) is 3.89. The Morgan fingerprint density at radius 3 is 2.62 bits per heavy atom. The molecule has 2 aromatic rings. The monoisotopic (exact) mass is 351 g/mol. The minimum atomic E-state index is -0.243.